The van der Waals surface area contributed by atoms with Crippen molar-refractivity contribution < 1.29 is 48.0 Å². The molecular weight excluding hydrogens is 883 g/mol. The van der Waals surface area contributed by atoms with Gasteiger partial charge in [0.1, 0.15) is 17.6 Å². The molecule has 0 amide bonds. The van der Waals surface area contributed by atoms with Gasteiger partial charge in [0.15, 0.2) is 5.96 Å². The van der Waals surface area contributed by atoms with Gasteiger partial charge in [-0.25, -0.2) is 4.99 Å². The Bertz CT molecular complexity index is 2550. The fourth-order valence-corrected chi connectivity index (χ4v) is 14.5. The van der Waals surface area contributed by atoms with Gasteiger partial charge in [0.05, 0.1) is 17.0 Å². The van der Waals surface area contributed by atoms with Crippen LogP contribution in [0.3, 0.4) is 0 Å². The Morgan fingerprint density at radius 3 is 2.50 bits per heavy atom. The Morgan fingerprint density at radius 1 is 0.971 bits per heavy atom. The highest BCUT2D eigenvalue weighted by atomic mass is 32.2. The maximum absolute atomic E-state index is 14.2. The van der Waals surface area contributed by atoms with E-state index in [1.165, 1.54) is 0 Å². The van der Waals surface area contributed by atoms with Gasteiger partial charge in [-0.1, -0.05) is 61.2 Å². The molecule has 0 spiro atoms. The van der Waals surface area contributed by atoms with E-state index in [1.54, 1.807) is 12.1 Å². The summed E-state index contributed by atoms with van der Waals surface area (Å²) < 4.78 is 54.3. The van der Waals surface area contributed by atoms with Crippen molar-refractivity contribution in [3.8, 4) is 23.3 Å². The van der Waals surface area contributed by atoms with Crippen LogP contribution in [0.2, 0.25) is 0 Å². The normalized spacial score (nSPS) is 33.5. The van der Waals surface area contributed by atoms with Crippen molar-refractivity contribution in [3.05, 3.63) is 106 Å². The number of phenolic OH excluding ortho intramolecular Hbond substituents is 1. The van der Waals surface area contributed by atoms with Gasteiger partial charge in [0.25, 0.3) is 10.1 Å². The fourth-order valence-electron chi connectivity index (χ4n) is 13.4. The number of fused-ring (bicyclic) bond motifs is 9. The zero-order valence-corrected chi connectivity index (χ0v) is 39.9. The van der Waals surface area contributed by atoms with E-state index in [2.05, 4.69) is 24.8 Å². The van der Waals surface area contributed by atoms with E-state index in [0.29, 0.717) is 61.8 Å². The number of allylic oxidation sites excluding steroid dienone is 1. The van der Waals surface area contributed by atoms with Crippen molar-refractivity contribution in [1.29, 1.82) is 0 Å². The first-order valence-corrected chi connectivity index (χ1v) is 26.3. The topological polar surface area (TPSA) is 238 Å². The number of hydrogen-bond acceptors (Lipinski definition) is 10. The highest BCUT2D eigenvalue weighted by molar-refractivity contribution is 7.86. The quantitative estimate of drug-likeness (QED) is 0.0324. The number of phenols is 1. The van der Waals surface area contributed by atoms with Crippen LogP contribution < -0.4 is 16.2 Å². The molecule has 2 fully saturated rings. The molecule has 1 saturated carbocycles. The number of guanidine groups is 1. The molecule has 13 atom stereocenters. The van der Waals surface area contributed by atoms with Gasteiger partial charge in [0, 0.05) is 55.3 Å². The van der Waals surface area contributed by atoms with Crippen LogP contribution in [-0.4, -0.2) is 81.2 Å². The fraction of sp³-hybridized carbons (Fsp3) is 0.574. The highest BCUT2D eigenvalue weighted by Crippen LogP contribution is 2.56. The lowest BCUT2D eigenvalue weighted by atomic mass is 9.64. The third kappa shape index (κ3) is 9.82. The number of benzene rings is 3. The van der Waals surface area contributed by atoms with Gasteiger partial charge in [-0.2, -0.15) is 8.42 Å². The van der Waals surface area contributed by atoms with Crippen molar-refractivity contribution in [2.45, 2.75) is 137 Å². The number of aliphatic hydroxyl groups is 4. The predicted molar refractivity (Wildman–Crippen MR) is 259 cm³/mol. The van der Waals surface area contributed by atoms with E-state index in [0.717, 1.165) is 53.5 Å². The van der Waals surface area contributed by atoms with Crippen LogP contribution in [0.5, 0.6) is 11.5 Å². The van der Waals surface area contributed by atoms with Crippen molar-refractivity contribution >= 4 is 16.1 Å². The van der Waals surface area contributed by atoms with E-state index in [4.69, 9.17) is 25.9 Å². The standard InChI is InChI=1S/C54H69N3O10S/c1-32-7-8-37-25-43-14-16-45(37)47(32)28-49(68(63,64)65)48-27-39-23-38(26-44-22-34(31-60)4-2-6-36-24-42(61)13-15-46(36)51(39)66-44)50(48)35-9-11-40(12-10-35)54(67-43,57-52(55)56)30-41(18-21-59)53(62)19-17-33(29-53)5-3-20-58/h9-16,24-25,27,32-34,38,41,44,47-51,58-62H,3-5,7-8,17-23,26,28-31H2,1H3,(H4,55,56,57)(H,63,64,65). The van der Waals surface area contributed by atoms with E-state index in [-0.39, 0.29) is 86.5 Å². The second-order valence-corrected chi connectivity index (χ2v) is 22.7. The summed E-state index contributed by atoms with van der Waals surface area (Å²) in [5.41, 5.74) is 15.7. The molecule has 8 aliphatic rings. The Kier molecular flexibility index (Phi) is 14.1. The monoisotopic (exact) mass is 951 g/mol. The zero-order valence-electron chi connectivity index (χ0n) is 39.0. The molecular formula is C54H69N3O10S. The van der Waals surface area contributed by atoms with E-state index in [9.17, 15) is 38.5 Å². The Hall–Kier alpha value is -4.46. The first-order chi connectivity index (χ1) is 32.6. The van der Waals surface area contributed by atoms with E-state index < -0.39 is 50.6 Å². The molecule has 3 aromatic rings. The molecule has 10 N–H and O–H groups in total. The number of aryl methyl sites for hydroxylation is 1. The molecule has 13 nitrogen and oxygen atoms in total. The van der Waals surface area contributed by atoms with Crippen LogP contribution >= 0.6 is 0 Å². The molecule has 0 radical (unpaired) electrons. The van der Waals surface area contributed by atoms with Crippen LogP contribution in [0.4, 0.5) is 0 Å². The SMILES string of the molecule is CC1CCc2cc3ccc2C1CC(S(=O)(=O)O)C1C=C2CC(CC4CC(CO)CC#Cc5cc(O)ccc5C2O4)C1c1ccc(cc1)C(CC(CCO)C1(O)CCC(CCCO)C1)(N=C(N)N)O3. The summed E-state index contributed by atoms with van der Waals surface area (Å²) in [6.07, 6.45) is 8.55. The molecule has 10 bridgehead atoms. The molecule has 5 heterocycles. The van der Waals surface area contributed by atoms with Crippen LogP contribution in [0, 0.1) is 47.3 Å². The number of hydrogen-bond donors (Lipinski definition) is 8. The third-order valence-corrected chi connectivity index (χ3v) is 18.0. The third-order valence-electron chi connectivity index (χ3n) is 16.7. The van der Waals surface area contributed by atoms with Crippen LogP contribution in [0.15, 0.2) is 77.3 Å². The molecule has 68 heavy (non-hydrogen) atoms. The summed E-state index contributed by atoms with van der Waals surface area (Å²) in [5.74, 6) is 5.02. The molecule has 1 saturated heterocycles. The Labute approximate surface area is 400 Å². The minimum atomic E-state index is -4.68. The first kappa shape index (κ1) is 48.6. The molecule has 0 aromatic heterocycles. The summed E-state index contributed by atoms with van der Waals surface area (Å²) in [7, 11) is -4.68. The lowest BCUT2D eigenvalue weighted by molar-refractivity contribution is -0.0630. The lowest BCUT2D eigenvalue weighted by Gasteiger charge is -2.42. The Balaban J connectivity index is 1.23. The molecule has 366 valence electrons. The zero-order chi connectivity index (χ0) is 48.0. The number of rotatable bonds is 11. The number of aliphatic hydroxyl groups excluding tert-OH is 3. The molecule has 3 aromatic carbocycles. The predicted octanol–water partition coefficient (Wildman–Crippen LogP) is 6.85. The molecule has 5 aliphatic heterocycles. The van der Waals surface area contributed by atoms with E-state index in [1.807, 2.05) is 48.5 Å². The number of aliphatic imine (C=N–C) groups is 1. The lowest BCUT2D eigenvalue weighted by Crippen LogP contribution is -2.44. The smallest absolute Gasteiger partial charge is 0.268 e. The first-order valence-electron chi connectivity index (χ1n) is 24.8. The maximum atomic E-state index is 14.2. The van der Waals surface area contributed by atoms with Crippen molar-refractivity contribution in [2.24, 2.45) is 52.0 Å². The molecule has 14 heteroatoms. The number of nitrogens with two attached hydrogens (primary N) is 2. The summed E-state index contributed by atoms with van der Waals surface area (Å²) in [6.45, 7) is 1.97. The van der Waals surface area contributed by atoms with Gasteiger partial charge in [-0.15, -0.1) is 0 Å². The van der Waals surface area contributed by atoms with Crippen LogP contribution in [-0.2, 0) is 27.0 Å². The van der Waals surface area contributed by atoms with Crippen LogP contribution in [0.25, 0.3) is 0 Å². The average Bonchev–Trinajstić information content (AvgIpc) is 3.63. The molecule has 13 unspecified atom stereocenters. The average molecular weight is 952 g/mol. The summed E-state index contributed by atoms with van der Waals surface area (Å²) >= 11 is 0. The molecule has 3 aliphatic carbocycles. The second kappa shape index (κ2) is 19.7. The summed E-state index contributed by atoms with van der Waals surface area (Å²) in [6, 6.07) is 18.8. The van der Waals surface area contributed by atoms with Gasteiger partial charge >= 0.3 is 0 Å². The van der Waals surface area contributed by atoms with Crippen LogP contribution in [0.1, 0.15) is 142 Å². The van der Waals surface area contributed by atoms with Gasteiger partial charge in [-0.3, -0.25) is 4.55 Å². The number of nitrogens with zero attached hydrogens (tertiary/aromatic N) is 1. The van der Waals surface area contributed by atoms with Crippen molar-refractivity contribution in [2.75, 3.05) is 19.8 Å². The number of ether oxygens (including phenoxy) is 2. The molecule has 11 rings (SSSR count). The van der Waals surface area contributed by atoms with E-state index >= 15 is 0 Å². The van der Waals surface area contributed by atoms with Crippen molar-refractivity contribution in [3.63, 3.8) is 0 Å². The summed E-state index contributed by atoms with van der Waals surface area (Å²) in [4.78, 5) is 4.93. The number of aromatic hydroxyl groups is 1. The van der Waals surface area contributed by atoms with Gasteiger partial charge in [0.2, 0.25) is 5.72 Å². The largest absolute Gasteiger partial charge is 0.508 e. The minimum absolute atomic E-state index is 0.0655. The minimum Gasteiger partial charge on any atom is -0.508 e. The van der Waals surface area contributed by atoms with Gasteiger partial charge < -0.3 is 46.5 Å². The Morgan fingerprint density at radius 2 is 1.76 bits per heavy atom. The summed E-state index contributed by atoms with van der Waals surface area (Å²) in [5, 5.41) is 52.6. The maximum Gasteiger partial charge on any atom is 0.268 e. The highest BCUT2D eigenvalue weighted by Gasteiger charge is 2.51. The second-order valence-electron chi connectivity index (χ2n) is 21.1. The van der Waals surface area contributed by atoms with Crippen molar-refractivity contribution in [1.82, 2.24) is 0 Å². The van der Waals surface area contributed by atoms with Gasteiger partial charge in [-0.05, 0) is 165 Å².